The molecular formula is C18H14F3NO2. The van der Waals surface area contributed by atoms with Gasteiger partial charge in [0.1, 0.15) is 11.4 Å². The van der Waals surface area contributed by atoms with Gasteiger partial charge in [-0.05, 0) is 43.2 Å². The van der Waals surface area contributed by atoms with Crippen LogP contribution in [0.2, 0.25) is 0 Å². The molecule has 0 fully saturated rings. The topological polar surface area (TPSA) is 35.3 Å². The Bertz CT molecular complexity index is 869. The summed E-state index contributed by atoms with van der Waals surface area (Å²) in [6.07, 6.45) is -4.73. The Hall–Kier alpha value is -2.76. The van der Waals surface area contributed by atoms with Crippen molar-refractivity contribution >= 4 is 0 Å². The van der Waals surface area contributed by atoms with Gasteiger partial charge in [-0.25, -0.2) is 0 Å². The molecule has 0 atom stereocenters. The number of aryl methyl sites for hydroxylation is 2. The molecule has 0 aliphatic rings. The van der Waals surface area contributed by atoms with E-state index in [1.807, 2.05) is 32.0 Å². The molecule has 0 saturated carbocycles. The van der Waals surface area contributed by atoms with Crippen molar-refractivity contribution in [3.8, 4) is 28.3 Å². The van der Waals surface area contributed by atoms with E-state index < -0.39 is 6.36 Å². The highest BCUT2D eigenvalue weighted by atomic mass is 19.4. The quantitative estimate of drug-likeness (QED) is 0.633. The Morgan fingerprint density at radius 1 is 0.917 bits per heavy atom. The van der Waals surface area contributed by atoms with E-state index in [1.165, 1.54) is 18.2 Å². The molecule has 0 amide bonds. The average molecular weight is 333 g/mol. The van der Waals surface area contributed by atoms with E-state index in [0.717, 1.165) is 16.7 Å². The molecule has 1 aromatic heterocycles. The van der Waals surface area contributed by atoms with Gasteiger partial charge >= 0.3 is 6.36 Å². The molecular weight excluding hydrogens is 319 g/mol. The van der Waals surface area contributed by atoms with Crippen molar-refractivity contribution in [1.82, 2.24) is 5.16 Å². The second kappa shape index (κ2) is 6.03. The van der Waals surface area contributed by atoms with E-state index in [2.05, 4.69) is 9.89 Å². The lowest BCUT2D eigenvalue weighted by molar-refractivity contribution is -0.274. The molecule has 0 aliphatic carbocycles. The Labute approximate surface area is 136 Å². The summed E-state index contributed by atoms with van der Waals surface area (Å²) in [5.41, 5.74) is 4.06. The lowest BCUT2D eigenvalue weighted by atomic mass is 10.0. The largest absolute Gasteiger partial charge is 0.573 e. The normalized spacial score (nSPS) is 11.5. The van der Waals surface area contributed by atoms with Gasteiger partial charge in [0.05, 0.1) is 0 Å². The first-order valence-corrected chi connectivity index (χ1v) is 7.22. The molecule has 3 nitrogen and oxygen atoms in total. The van der Waals surface area contributed by atoms with Crippen LogP contribution >= 0.6 is 0 Å². The first-order valence-electron chi connectivity index (χ1n) is 7.22. The van der Waals surface area contributed by atoms with Gasteiger partial charge in [-0.3, -0.25) is 0 Å². The van der Waals surface area contributed by atoms with Crippen LogP contribution < -0.4 is 4.74 Å². The summed E-state index contributed by atoms with van der Waals surface area (Å²) in [5.74, 6) is 0.256. The summed E-state index contributed by atoms with van der Waals surface area (Å²) in [6.45, 7) is 4.01. The van der Waals surface area contributed by atoms with Gasteiger partial charge in [0.15, 0.2) is 5.76 Å². The molecule has 0 saturated heterocycles. The van der Waals surface area contributed by atoms with E-state index in [4.69, 9.17) is 4.52 Å². The molecule has 0 radical (unpaired) electrons. The third-order valence-electron chi connectivity index (χ3n) is 3.66. The van der Waals surface area contributed by atoms with Crippen LogP contribution in [0.4, 0.5) is 13.2 Å². The zero-order chi connectivity index (χ0) is 17.3. The van der Waals surface area contributed by atoms with Crippen molar-refractivity contribution in [2.45, 2.75) is 20.2 Å². The minimum absolute atomic E-state index is 0.296. The number of halogens is 3. The van der Waals surface area contributed by atoms with Crippen molar-refractivity contribution < 1.29 is 22.4 Å². The minimum atomic E-state index is -4.73. The number of aromatic nitrogens is 1. The summed E-state index contributed by atoms with van der Waals surface area (Å²) >= 11 is 0. The zero-order valence-corrected chi connectivity index (χ0v) is 13.0. The molecule has 2 aromatic carbocycles. The van der Waals surface area contributed by atoms with Crippen LogP contribution in [0.1, 0.15) is 11.1 Å². The molecule has 3 aromatic rings. The van der Waals surface area contributed by atoms with E-state index in [9.17, 15) is 13.2 Å². The number of hydrogen-bond donors (Lipinski definition) is 0. The van der Waals surface area contributed by atoms with Gasteiger partial charge in [-0.2, -0.15) is 0 Å². The van der Waals surface area contributed by atoms with E-state index in [1.54, 1.807) is 12.1 Å². The Kier molecular flexibility index (Phi) is 4.05. The zero-order valence-electron chi connectivity index (χ0n) is 13.0. The minimum Gasteiger partial charge on any atom is -0.406 e. The summed E-state index contributed by atoms with van der Waals surface area (Å²) in [7, 11) is 0. The number of alkyl halides is 3. The molecule has 6 heteroatoms. The second-order valence-corrected chi connectivity index (χ2v) is 5.45. The number of ether oxygens (including phenoxy) is 1. The number of benzene rings is 2. The third kappa shape index (κ3) is 3.59. The second-order valence-electron chi connectivity index (χ2n) is 5.45. The summed E-state index contributed by atoms with van der Waals surface area (Å²) < 4.78 is 46.2. The summed E-state index contributed by atoms with van der Waals surface area (Å²) in [6, 6.07) is 13.2. The van der Waals surface area contributed by atoms with Crippen molar-refractivity contribution in [1.29, 1.82) is 0 Å². The molecule has 0 bridgehead atoms. The van der Waals surface area contributed by atoms with Gasteiger partial charge in [0.2, 0.25) is 0 Å². The van der Waals surface area contributed by atoms with Crippen LogP contribution in [0, 0.1) is 13.8 Å². The fourth-order valence-electron chi connectivity index (χ4n) is 2.29. The first-order chi connectivity index (χ1) is 11.3. The molecule has 0 N–H and O–H groups in total. The maximum absolute atomic E-state index is 12.3. The van der Waals surface area contributed by atoms with Gasteiger partial charge in [0.25, 0.3) is 0 Å². The highest BCUT2D eigenvalue weighted by Gasteiger charge is 2.31. The Balaban J connectivity index is 1.90. The van der Waals surface area contributed by atoms with Crippen molar-refractivity contribution in [3.63, 3.8) is 0 Å². The highest BCUT2D eigenvalue weighted by molar-refractivity contribution is 5.68. The summed E-state index contributed by atoms with van der Waals surface area (Å²) in [4.78, 5) is 0. The lowest BCUT2D eigenvalue weighted by Crippen LogP contribution is -2.17. The van der Waals surface area contributed by atoms with Crippen LogP contribution in [0.15, 0.2) is 53.1 Å². The van der Waals surface area contributed by atoms with Crippen molar-refractivity contribution in [2.24, 2.45) is 0 Å². The molecule has 1 heterocycles. The monoisotopic (exact) mass is 333 g/mol. The van der Waals surface area contributed by atoms with Crippen LogP contribution in [0.5, 0.6) is 5.75 Å². The van der Waals surface area contributed by atoms with E-state index in [0.29, 0.717) is 17.0 Å². The highest BCUT2D eigenvalue weighted by Crippen LogP contribution is 2.30. The fraction of sp³-hybridized carbons (Fsp3) is 0.167. The molecule has 0 spiro atoms. The standard InChI is InChI=1S/C18H14F3NO2/c1-11-6-7-14(8-12(11)2)17-10-16(22-24-17)13-4-3-5-15(9-13)23-18(19,20)21/h3-10H,1-2H3. The van der Waals surface area contributed by atoms with Gasteiger partial charge in [-0.1, -0.05) is 29.4 Å². The number of hydrogen-bond acceptors (Lipinski definition) is 3. The maximum atomic E-state index is 12.3. The van der Waals surface area contributed by atoms with Crippen LogP contribution in [-0.2, 0) is 0 Å². The van der Waals surface area contributed by atoms with Gasteiger partial charge < -0.3 is 9.26 Å². The molecule has 0 aliphatic heterocycles. The number of nitrogens with zero attached hydrogens (tertiary/aromatic N) is 1. The van der Waals surface area contributed by atoms with Crippen LogP contribution in [0.25, 0.3) is 22.6 Å². The molecule has 24 heavy (non-hydrogen) atoms. The molecule has 3 rings (SSSR count). The maximum Gasteiger partial charge on any atom is 0.573 e. The van der Waals surface area contributed by atoms with Gasteiger partial charge in [0, 0.05) is 17.2 Å². The van der Waals surface area contributed by atoms with Crippen molar-refractivity contribution in [3.05, 3.63) is 59.7 Å². The number of rotatable bonds is 3. The first kappa shape index (κ1) is 16.1. The Morgan fingerprint density at radius 2 is 1.71 bits per heavy atom. The summed E-state index contributed by atoms with van der Waals surface area (Å²) in [5, 5.41) is 3.94. The predicted molar refractivity (Wildman–Crippen MR) is 83.5 cm³/mol. The SMILES string of the molecule is Cc1ccc(-c2cc(-c3cccc(OC(F)(F)F)c3)no2)cc1C. The lowest BCUT2D eigenvalue weighted by Gasteiger charge is -2.09. The third-order valence-corrected chi connectivity index (χ3v) is 3.66. The van der Waals surface area contributed by atoms with Crippen molar-refractivity contribution in [2.75, 3.05) is 0 Å². The van der Waals surface area contributed by atoms with Crippen LogP contribution in [0.3, 0.4) is 0 Å². The van der Waals surface area contributed by atoms with Gasteiger partial charge in [-0.15, -0.1) is 13.2 Å². The van der Waals surface area contributed by atoms with Crippen LogP contribution in [-0.4, -0.2) is 11.5 Å². The van der Waals surface area contributed by atoms with E-state index >= 15 is 0 Å². The van der Waals surface area contributed by atoms with E-state index in [-0.39, 0.29) is 5.75 Å². The molecule has 124 valence electrons. The Morgan fingerprint density at radius 3 is 2.42 bits per heavy atom. The average Bonchev–Trinajstić information content (AvgIpc) is 2.98. The fourth-order valence-corrected chi connectivity index (χ4v) is 2.29. The predicted octanol–water partition coefficient (Wildman–Crippen LogP) is 5.52. The smallest absolute Gasteiger partial charge is 0.406 e. The molecule has 0 unspecified atom stereocenters.